The SMILES string of the molecule is O=C1CC2C[C@H](C(=O)Nc3ccc(C(F)(F)F)cc3)c3ccccc3C2=NN1. The molecule has 0 fully saturated rings. The molecule has 0 saturated carbocycles. The van der Waals surface area contributed by atoms with Gasteiger partial charge in [-0.25, -0.2) is 5.43 Å². The lowest BCUT2D eigenvalue weighted by Gasteiger charge is -2.33. The van der Waals surface area contributed by atoms with Crippen molar-refractivity contribution < 1.29 is 22.8 Å². The number of fused-ring (bicyclic) bond motifs is 3. The molecule has 1 aliphatic heterocycles. The number of hydrogen-bond acceptors (Lipinski definition) is 3. The Bertz CT molecular complexity index is 967. The van der Waals surface area contributed by atoms with E-state index in [1.54, 1.807) is 0 Å². The van der Waals surface area contributed by atoms with E-state index in [4.69, 9.17) is 0 Å². The van der Waals surface area contributed by atoms with Crippen molar-refractivity contribution in [3.8, 4) is 0 Å². The maximum atomic E-state index is 12.9. The Hall–Kier alpha value is -3.16. The van der Waals surface area contributed by atoms with Gasteiger partial charge in [-0.15, -0.1) is 0 Å². The van der Waals surface area contributed by atoms with Crippen molar-refractivity contribution in [1.29, 1.82) is 0 Å². The monoisotopic (exact) mass is 387 g/mol. The number of rotatable bonds is 2. The van der Waals surface area contributed by atoms with Crippen LogP contribution in [0.1, 0.15) is 35.4 Å². The van der Waals surface area contributed by atoms with Gasteiger partial charge in [-0.2, -0.15) is 18.3 Å². The first kappa shape index (κ1) is 18.2. The molecule has 8 heteroatoms. The fraction of sp³-hybridized carbons (Fsp3) is 0.250. The maximum Gasteiger partial charge on any atom is 0.416 e. The molecule has 1 unspecified atom stereocenters. The quantitative estimate of drug-likeness (QED) is 0.826. The number of amides is 2. The lowest BCUT2D eigenvalue weighted by molar-refractivity contribution is -0.137. The highest BCUT2D eigenvalue weighted by molar-refractivity contribution is 6.10. The van der Waals surface area contributed by atoms with Crippen LogP contribution in [0.5, 0.6) is 0 Å². The third kappa shape index (κ3) is 3.37. The van der Waals surface area contributed by atoms with Crippen LogP contribution in [-0.4, -0.2) is 17.5 Å². The molecule has 2 aromatic rings. The number of hydrogen-bond donors (Lipinski definition) is 2. The Kier molecular flexibility index (Phi) is 4.41. The van der Waals surface area contributed by atoms with Crippen LogP contribution in [0.2, 0.25) is 0 Å². The zero-order chi connectivity index (χ0) is 19.9. The molecule has 144 valence electrons. The summed E-state index contributed by atoms with van der Waals surface area (Å²) in [6.45, 7) is 0. The molecule has 2 amide bonds. The second kappa shape index (κ2) is 6.78. The van der Waals surface area contributed by atoms with Crippen LogP contribution >= 0.6 is 0 Å². The minimum atomic E-state index is -4.43. The fourth-order valence-electron chi connectivity index (χ4n) is 3.72. The van der Waals surface area contributed by atoms with Crippen LogP contribution in [0.3, 0.4) is 0 Å². The number of alkyl halides is 3. The summed E-state index contributed by atoms with van der Waals surface area (Å²) < 4.78 is 38.1. The average molecular weight is 387 g/mol. The van der Waals surface area contributed by atoms with E-state index >= 15 is 0 Å². The van der Waals surface area contributed by atoms with Crippen molar-refractivity contribution in [2.75, 3.05) is 5.32 Å². The number of nitrogens with zero attached hydrogens (tertiary/aromatic N) is 1. The highest BCUT2D eigenvalue weighted by Crippen LogP contribution is 2.38. The van der Waals surface area contributed by atoms with Crippen LogP contribution in [0.25, 0.3) is 0 Å². The molecule has 0 aromatic heterocycles. The summed E-state index contributed by atoms with van der Waals surface area (Å²) in [5.41, 5.74) is 4.35. The number of halogens is 3. The van der Waals surface area contributed by atoms with Gasteiger partial charge in [0.1, 0.15) is 0 Å². The molecule has 1 aliphatic carbocycles. The van der Waals surface area contributed by atoms with Gasteiger partial charge in [0.15, 0.2) is 0 Å². The molecule has 2 N–H and O–H groups in total. The number of anilines is 1. The molecule has 2 atom stereocenters. The van der Waals surface area contributed by atoms with Crippen molar-refractivity contribution in [1.82, 2.24) is 5.43 Å². The number of hydrazone groups is 1. The van der Waals surface area contributed by atoms with E-state index in [1.165, 1.54) is 12.1 Å². The summed E-state index contributed by atoms with van der Waals surface area (Å²) >= 11 is 0. The van der Waals surface area contributed by atoms with Gasteiger partial charge in [-0.05, 0) is 36.2 Å². The number of carbonyl (C=O) groups excluding carboxylic acids is 2. The summed E-state index contributed by atoms with van der Waals surface area (Å²) in [4.78, 5) is 24.6. The van der Waals surface area contributed by atoms with E-state index in [2.05, 4.69) is 15.8 Å². The van der Waals surface area contributed by atoms with Crippen molar-refractivity contribution >= 4 is 23.2 Å². The second-order valence-corrected chi connectivity index (χ2v) is 6.87. The lowest BCUT2D eigenvalue weighted by atomic mass is 9.73. The Morgan fingerprint density at radius 1 is 1.11 bits per heavy atom. The topological polar surface area (TPSA) is 70.6 Å². The molecule has 0 saturated heterocycles. The predicted molar refractivity (Wildman–Crippen MR) is 96.7 cm³/mol. The first-order chi connectivity index (χ1) is 13.3. The van der Waals surface area contributed by atoms with E-state index in [0.717, 1.165) is 29.0 Å². The van der Waals surface area contributed by atoms with Gasteiger partial charge in [0, 0.05) is 23.6 Å². The third-order valence-corrected chi connectivity index (χ3v) is 5.05. The molecule has 4 rings (SSSR count). The fourth-order valence-corrected chi connectivity index (χ4v) is 3.72. The molecular weight excluding hydrogens is 371 g/mol. The largest absolute Gasteiger partial charge is 0.416 e. The number of benzene rings is 2. The highest BCUT2D eigenvalue weighted by Gasteiger charge is 2.38. The summed E-state index contributed by atoms with van der Waals surface area (Å²) in [6.07, 6.45) is -3.77. The number of nitrogens with one attached hydrogen (secondary N) is 2. The Morgan fingerprint density at radius 2 is 1.82 bits per heavy atom. The smallest absolute Gasteiger partial charge is 0.326 e. The molecule has 2 aromatic carbocycles. The van der Waals surface area contributed by atoms with Crippen molar-refractivity contribution in [2.45, 2.75) is 24.9 Å². The van der Waals surface area contributed by atoms with Crippen molar-refractivity contribution in [3.63, 3.8) is 0 Å². The molecule has 0 spiro atoms. The van der Waals surface area contributed by atoms with Gasteiger partial charge in [-0.3, -0.25) is 9.59 Å². The molecule has 5 nitrogen and oxygen atoms in total. The second-order valence-electron chi connectivity index (χ2n) is 6.87. The molecule has 1 heterocycles. The van der Waals surface area contributed by atoms with E-state index in [0.29, 0.717) is 6.42 Å². The first-order valence-corrected chi connectivity index (χ1v) is 8.77. The van der Waals surface area contributed by atoms with Crippen molar-refractivity contribution in [2.24, 2.45) is 11.0 Å². The van der Waals surface area contributed by atoms with Crippen LogP contribution in [0.15, 0.2) is 53.6 Å². The number of carbonyl (C=O) groups is 2. The standard InChI is InChI=1S/C20H16F3N3O2/c21-20(22,23)12-5-7-13(8-6-12)24-19(28)16-9-11-10-17(27)25-26-18(11)15-4-2-1-3-14(15)16/h1-8,11,16H,9-10H2,(H,24,28)(H,25,27)/t11?,16-/m0/s1. The molecular formula is C20H16F3N3O2. The van der Waals surface area contributed by atoms with Gasteiger partial charge < -0.3 is 5.32 Å². The zero-order valence-electron chi connectivity index (χ0n) is 14.6. The van der Waals surface area contributed by atoms with Gasteiger partial charge in [-0.1, -0.05) is 24.3 Å². The van der Waals surface area contributed by atoms with E-state index < -0.39 is 17.7 Å². The molecule has 0 radical (unpaired) electrons. The third-order valence-electron chi connectivity index (χ3n) is 5.05. The molecule has 0 bridgehead atoms. The van der Waals surface area contributed by atoms with E-state index in [-0.39, 0.29) is 29.8 Å². The normalized spacial score (nSPS) is 21.1. The van der Waals surface area contributed by atoms with Gasteiger partial charge >= 0.3 is 6.18 Å². The Morgan fingerprint density at radius 3 is 2.54 bits per heavy atom. The zero-order valence-corrected chi connectivity index (χ0v) is 14.6. The maximum absolute atomic E-state index is 12.9. The molecule has 28 heavy (non-hydrogen) atoms. The molecule has 2 aliphatic rings. The average Bonchev–Trinajstić information content (AvgIpc) is 2.66. The lowest BCUT2D eigenvalue weighted by Crippen LogP contribution is -2.39. The van der Waals surface area contributed by atoms with E-state index in [9.17, 15) is 22.8 Å². The van der Waals surface area contributed by atoms with Crippen molar-refractivity contribution in [3.05, 3.63) is 65.2 Å². The van der Waals surface area contributed by atoms with Gasteiger partial charge in [0.25, 0.3) is 0 Å². The predicted octanol–water partition coefficient (Wildman–Crippen LogP) is 3.67. The summed E-state index contributed by atoms with van der Waals surface area (Å²) in [7, 11) is 0. The minimum Gasteiger partial charge on any atom is -0.326 e. The highest BCUT2D eigenvalue weighted by atomic mass is 19.4. The summed E-state index contributed by atoms with van der Waals surface area (Å²) in [6, 6.07) is 11.7. The first-order valence-electron chi connectivity index (χ1n) is 8.77. The van der Waals surface area contributed by atoms with Gasteiger partial charge in [0.05, 0.1) is 17.2 Å². The van der Waals surface area contributed by atoms with Crippen LogP contribution in [0.4, 0.5) is 18.9 Å². The van der Waals surface area contributed by atoms with E-state index in [1.807, 2.05) is 24.3 Å². The van der Waals surface area contributed by atoms with Gasteiger partial charge in [0.2, 0.25) is 11.8 Å². The minimum absolute atomic E-state index is 0.174. The Labute approximate surface area is 158 Å². The van der Waals surface area contributed by atoms with Crippen LogP contribution in [0, 0.1) is 5.92 Å². The summed E-state index contributed by atoms with van der Waals surface area (Å²) in [5.74, 6) is -1.22. The summed E-state index contributed by atoms with van der Waals surface area (Å²) in [5, 5.41) is 6.85. The Balaban J connectivity index is 1.60. The van der Waals surface area contributed by atoms with Crippen LogP contribution < -0.4 is 10.7 Å². The van der Waals surface area contributed by atoms with Crippen LogP contribution in [-0.2, 0) is 15.8 Å².